The first kappa shape index (κ1) is 10.3. The molecule has 86 valence electrons. The highest BCUT2D eigenvalue weighted by Gasteiger charge is 2.37. The summed E-state index contributed by atoms with van der Waals surface area (Å²) >= 11 is 0. The molecule has 16 heavy (non-hydrogen) atoms. The van der Waals surface area contributed by atoms with Crippen molar-refractivity contribution in [3.63, 3.8) is 0 Å². The molecule has 0 spiro atoms. The van der Waals surface area contributed by atoms with Gasteiger partial charge in [0.2, 0.25) is 0 Å². The predicted octanol–water partition coefficient (Wildman–Crippen LogP) is 2.06. The van der Waals surface area contributed by atoms with E-state index in [0.717, 1.165) is 25.9 Å². The normalized spacial score (nSPS) is 22.1. The van der Waals surface area contributed by atoms with Crippen molar-refractivity contribution >= 4 is 0 Å². The number of benzene rings is 1. The fourth-order valence-electron chi connectivity index (χ4n) is 2.58. The van der Waals surface area contributed by atoms with Gasteiger partial charge in [0.25, 0.3) is 0 Å². The fourth-order valence-corrected chi connectivity index (χ4v) is 2.58. The molecular weight excluding hydrogens is 196 g/mol. The van der Waals surface area contributed by atoms with E-state index in [1.165, 1.54) is 29.5 Å². The fraction of sp³-hybridized carbons (Fsp3) is 0.571. The van der Waals surface area contributed by atoms with Gasteiger partial charge in [0.05, 0.1) is 0 Å². The molecule has 1 heterocycles. The van der Waals surface area contributed by atoms with Crippen LogP contribution < -0.4 is 5.73 Å². The molecule has 1 fully saturated rings. The molecular formula is C14H20N2. The van der Waals surface area contributed by atoms with Gasteiger partial charge in [-0.1, -0.05) is 18.2 Å². The highest BCUT2D eigenvalue weighted by Crippen LogP contribution is 2.36. The molecule has 0 aromatic heterocycles. The van der Waals surface area contributed by atoms with E-state index in [2.05, 4.69) is 30.1 Å². The molecule has 2 N–H and O–H groups in total. The zero-order chi connectivity index (χ0) is 11.2. The topological polar surface area (TPSA) is 29.3 Å². The lowest BCUT2D eigenvalue weighted by Gasteiger charge is -2.09. The number of aryl methyl sites for hydroxylation is 1. The van der Waals surface area contributed by atoms with Crippen LogP contribution in [-0.4, -0.2) is 17.5 Å². The lowest BCUT2D eigenvalue weighted by atomic mass is 10.0. The summed E-state index contributed by atoms with van der Waals surface area (Å²) in [5.41, 5.74) is 10.8. The molecule has 1 aliphatic carbocycles. The van der Waals surface area contributed by atoms with E-state index in [0.29, 0.717) is 0 Å². The highest BCUT2D eigenvalue weighted by molar-refractivity contribution is 5.34. The van der Waals surface area contributed by atoms with Crippen LogP contribution in [0.15, 0.2) is 18.2 Å². The van der Waals surface area contributed by atoms with Crippen LogP contribution in [0, 0.1) is 0 Å². The van der Waals surface area contributed by atoms with E-state index in [9.17, 15) is 0 Å². The number of hydrogen-bond acceptors (Lipinski definition) is 2. The van der Waals surface area contributed by atoms with Crippen molar-refractivity contribution in [1.82, 2.24) is 4.90 Å². The van der Waals surface area contributed by atoms with Gasteiger partial charge in [0.15, 0.2) is 0 Å². The predicted molar refractivity (Wildman–Crippen MR) is 66.1 cm³/mol. The Kier molecular flexibility index (Phi) is 2.30. The van der Waals surface area contributed by atoms with Crippen LogP contribution in [0.2, 0.25) is 0 Å². The molecule has 0 amide bonds. The third-order valence-corrected chi connectivity index (χ3v) is 3.95. The van der Waals surface area contributed by atoms with Gasteiger partial charge in [0, 0.05) is 18.6 Å². The Labute approximate surface area is 97.4 Å². The van der Waals surface area contributed by atoms with E-state index in [1.807, 2.05) is 0 Å². The summed E-state index contributed by atoms with van der Waals surface area (Å²) in [5.74, 6) is 0. The van der Waals surface area contributed by atoms with Crippen molar-refractivity contribution in [1.29, 1.82) is 0 Å². The average molecular weight is 216 g/mol. The van der Waals surface area contributed by atoms with Crippen molar-refractivity contribution in [3.8, 4) is 0 Å². The van der Waals surface area contributed by atoms with Crippen LogP contribution in [0.3, 0.4) is 0 Å². The minimum atomic E-state index is 0.190. The summed E-state index contributed by atoms with van der Waals surface area (Å²) in [6.45, 7) is 2.22. The summed E-state index contributed by atoms with van der Waals surface area (Å²) in [4.78, 5) is 2.36. The zero-order valence-electron chi connectivity index (χ0n) is 10.00. The van der Waals surface area contributed by atoms with Gasteiger partial charge in [-0.3, -0.25) is 4.90 Å². The van der Waals surface area contributed by atoms with Crippen molar-refractivity contribution in [2.24, 2.45) is 5.73 Å². The van der Waals surface area contributed by atoms with E-state index < -0.39 is 0 Å². The smallest absolute Gasteiger partial charge is 0.0237 e. The summed E-state index contributed by atoms with van der Waals surface area (Å²) in [5, 5.41) is 0. The second-order valence-corrected chi connectivity index (χ2v) is 5.64. The third-order valence-electron chi connectivity index (χ3n) is 3.95. The van der Waals surface area contributed by atoms with Gasteiger partial charge >= 0.3 is 0 Å². The standard InChI is InChI=1S/C14H20N2/c1-16-9-12-3-2-11(8-13(12)10-16)4-5-14(15)6-7-14/h2-3,8H,4-7,9-10,15H2,1H3. The Bertz CT molecular complexity index is 407. The van der Waals surface area contributed by atoms with Gasteiger partial charge in [-0.15, -0.1) is 0 Å². The number of nitrogens with two attached hydrogens (primary N) is 1. The molecule has 1 aliphatic heterocycles. The molecule has 2 nitrogen and oxygen atoms in total. The van der Waals surface area contributed by atoms with Gasteiger partial charge in [0.1, 0.15) is 0 Å². The van der Waals surface area contributed by atoms with Crippen LogP contribution in [0.4, 0.5) is 0 Å². The van der Waals surface area contributed by atoms with Gasteiger partial charge in [-0.25, -0.2) is 0 Å². The Morgan fingerprint density at radius 2 is 2.00 bits per heavy atom. The maximum atomic E-state index is 6.12. The summed E-state index contributed by atoms with van der Waals surface area (Å²) in [7, 11) is 2.18. The lowest BCUT2D eigenvalue weighted by molar-refractivity contribution is 0.353. The molecule has 2 aliphatic rings. The van der Waals surface area contributed by atoms with Crippen LogP contribution in [0.25, 0.3) is 0 Å². The molecule has 1 saturated carbocycles. The monoisotopic (exact) mass is 216 g/mol. The number of rotatable bonds is 3. The second kappa shape index (κ2) is 3.57. The Morgan fingerprint density at radius 1 is 1.25 bits per heavy atom. The number of nitrogens with zero attached hydrogens (tertiary/aromatic N) is 1. The minimum absolute atomic E-state index is 0.190. The SMILES string of the molecule is CN1Cc2ccc(CCC3(N)CC3)cc2C1. The largest absolute Gasteiger partial charge is 0.325 e. The molecule has 0 atom stereocenters. The molecule has 3 rings (SSSR count). The number of hydrogen-bond donors (Lipinski definition) is 1. The Morgan fingerprint density at radius 3 is 2.75 bits per heavy atom. The van der Waals surface area contributed by atoms with Crippen LogP contribution in [0.5, 0.6) is 0 Å². The van der Waals surface area contributed by atoms with Gasteiger partial charge < -0.3 is 5.73 Å². The molecule has 0 unspecified atom stereocenters. The van der Waals surface area contributed by atoms with E-state index in [4.69, 9.17) is 5.73 Å². The van der Waals surface area contributed by atoms with Gasteiger partial charge in [-0.05, 0) is 49.4 Å². The lowest BCUT2D eigenvalue weighted by Crippen LogP contribution is -2.22. The number of fused-ring (bicyclic) bond motifs is 1. The molecule has 0 saturated heterocycles. The Hall–Kier alpha value is -0.860. The summed E-state index contributed by atoms with van der Waals surface area (Å²) < 4.78 is 0. The van der Waals surface area contributed by atoms with Crippen molar-refractivity contribution in [3.05, 3.63) is 34.9 Å². The van der Waals surface area contributed by atoms with Crippen LogP contribution in [-0.2, 0) is 19.5 Å². The quantitative estimate of drug-likeness (QED) is 0.838. The second-order valence-electron chi connectivity index (χ2n) is 5.64. The van der Waals surface area contributed by atoms with Crippen molar-refractivity contribution in [2.45, 2.75) is 44.3 Å². The third kappa shape index (κ3) is 2.00. The minimum Gasteiger partial charge on any atom is -0.325 e. The first-order chi connectivity index (χ1) is 7.65. The molecule has 0 bridgehead atoms. The van der Waals surface area contributed by atoms with Crippen LogP contribution >= 0.6 is 0 Å². The maximum absolute atomic E-state index is 6.12. The molecule has 1 aromatic rings. The molecule has 1 aromatic carbocycles. The van der Waals surface area contributed by atoms with Crippen molar-refractivity contribution in [2.75, 3.05) is 7.05 Å². The van der Waals surface area contributed by atoms with E-state index in [1.54, 1.807) is 0 Å². The van der Waals surface area contributed by atoms with Crippen LogP contribution in [0.1, 0.15) is 36.0 Å². The van der Waals surface area contributed by atoms with Crippen molar-refractivity contribution < 1.29 is 0 Å². The van der Waals surface area contributed by atoms with E-state index >= 15 is 0 Å². The van der Waals surface area contributed by atoms with E-state index in [-0.39, 0.29) is 5.54 Å². The zero-order valence-corrected chi connectivity index (χ0v) is 10.00. The molecule has 0 radical (unpaired) electrons. The summed E-state index contributed by atoms with van der Waals surface area (Å²) in [6, 6.07) is 6.96. The Balaban J connectivity index is 1.70. The first-order valence-electron chi connectivity index (χ1n) is 6.23. The summed E-state index contributed by atoms with van der Waals surface area (Å²) in [6.07, 6.45) is 4.75. The first-order valence-corrected chi connectivity index (χ1v) is 6.23. The van der Waals surface area contributed by atoms with Gasteiger partial charge in [-0.2, -0.15) is 0 Å². The molecule has 2 heteroatoms. The maximum Gasteiger partial charge on any atom is 0.0237 e. The average Bonchev–Trinajstić information content (AvgIpc) is 2.87. The highest BCUT2D eigenvalue weighted by atomic mass is 15.1.